The summed E-state index contributed by atoms with van der Waals surface area (Å²) in [5.41, 5.74) is 0.0318. The van der Waals surface area contributed by atoms with Gasteiger partial charge in [-0.2, -0.15) is 0 Å². The number of piperazine rings is 1. The molecule has 0 spiro atoms. The summed E-state index contributed by atoms with van der Waals surface area (Å²) < 4.78 is 0. The molecular weight excluding hydrogens is 240 g/mol. The third-order valence-electron chi connectivity index (χ3n) is 3.31. The summed E-state index contributed by atoms with van der Waals surface area (Å²) in [5, 5.41) is 2.83. The van der Waals surface area contributed by atoms with Crippen LogP contribution in [0.5, 0.6) is 0 Å². The van der Waals surface area contributed by atoms with Crippen LogP contribution in [-0.4, -0.2) is 34.8 Å². The highest BCUT2D eigenvalue weighted by Crippen LogP contribution is 2.30. The zero-order valence-corrected chi connectivity index (χ0v) is 13.1. The zero-order valence-electron chi connectivity index (χ0n) is 13.1. The fraction of sp³-hybridized carbons (Fsp3) is 0.733. The van der Waals surface area contributed by atoms with Gasteiger partial charge in [-0.3, -0.25) is 9.59 Å². The minimum Gasteiger partial charge on any atom is -0.340 e. The van der Waals surface area contributed by atoms with Crippen molar-refractivity contribution in [3.63, 3.8) is 0 Å². The summed E-state index contributed by atoms with van der Waals surface area (Å²) in [6.07, 6.45) is 1.99. The van der Waals surface area contributed by atoms with Crippen LogP contribution in [0.15, 0.2) is 11.6 Å². The quantitative estimate of drug-likeness (QED) is 0.778. The molecule has 1 saturated heterocycles. The fourth-order valence-electron chi connectivity index (χ4n) is 2.38. The number of nitrogens with one attached hydrogen (secondary N) is 1. The number of carbonyl (C=O) groups excluding carboxylic acids is 2. The molecule has 1 heterocycles. The molecule has 4 heteroatoms. The molecular formula is C15H26N2O2. The van der Waals surface area contributed by atoms with Crippen molar-refractivity contribution >= 4 is 11.8 Å². The van der Waals surface area contributed by atoms with E-state index in [-0.39, 0.29) is 17.2 Å². The van der Waals surface area contributed by atoms with Gasteiger partial charge in [0, 0.05) is 6.54 Å². The van der Waals surface area contributed by atoms with Crippen LogP contribution in [0.25, 0.3) is 0 Å². The first-order valence-corrected chi connectivity index (χ1v) is 6.73. The molecule has 0 aromatic carbocycles. The van der Waals surface area contributed by atoms with E-state index < -0.39 is 11.6 Å². The lowest BCUT2D eigenvalue weighted by Gasteiger charge is -2.47. The van der Waals surface area contributed by atoms with Gasteiger partial charge in [-0.1, -0.05) is 32.4 Å². The number of hydrogen-bond acceptors (Lipinski definition) is 2. The van der Waals surface area contributed by atoms with E-state index in [9.17, 15) is 9.59 Å². The Labute approximate surface area is 116 Å². The third kappa shape index (κ3) is 3.37. The van der Waals surface area contributed by atoms with Gasteiger partial charge >= 0.3 is 0 Å². The van der Waals surface area contributed by atoms with E-state index in [0.717, 1.165) is 5.57 Å². The van der Waals surface area contributed by atoms with Crippen LogP contribution < -0.4 is 5.32 Å². The number of allylic oxidation sites excluding steroid dienone is 1. The van der Waals surface area contributed by atoms with Crippen LogP contribution in [0.3, 0.4) is 0 Å². The highest BCUT2D eigenvalue weighted by Gasteiger charge is 2.48. The first-order valence-electron chi connectivity index (χ1n) is 6.73. The fourth-order valence-corrected chi connectivity index (χ4v) is 2.38. The van der Waals surface area contributed by atoms with Crippen LogP contribution in [-0.2, 0) is 9.59 Å². The molecule has 0 aromatic heterocycles. The molecule has 0 radical (unpaired) electrons. The SMILES string of the molecule is CC(C)=CCN1C(=O)C(C)(C)NC(=O)C1C(C)(C)C. The van der Waals surface area contributed by atoms with Crippen LogP contribution in [0.4, 0.5) is 0 Å². The molecule has 1 unspecified atom stereocenters. The number of hydrogen-bond donors (Lipinski definition) is 1. The highest BCUT2D eigenvalue weighted by atomic mass is 16.2. The van der Waals surface area contributed by atoms with Crippen molar-refractivity contribution in [1.29, 1.82) is 0 Å². The minimum atomic E-state index is -0.825. The minimum absolute atomic E-state index is 0.0236. The Morgan fingerprint density at radius 2 is 1.84 bits per heavy atom. The Morgan fingerprint density at radius 3 is 2.26 bits per heavy atom. The molecule has 0 aliphatic carbocycles. The number of amides is 2. The van der Waals surface area contributed by atoms with Crippen LogP contribution in [0.1, 0.15) is 48.5 Å². The van der Waals surface area contributed by atoms with Crippen LogP contribution >= 0.6 is 0 Å². The first-order chi connectivity index (χ1) is 8.47. The predicted molar refractivity (Wildman–Crippen MR) is 76.6 cm³/mol. The van der Waals surface area contributed by atoms with Gasteiger partial charge in [0.15, 0.2) is 0 Å². The van der Waals surface area contributed by atoms with Gasteiger partial charge in [-0.05, 0) is 33.1 Å². The standard InChI is InChI=1S/C15H26N2O2/c1-10(2)8-9-17-11(14(3,4)5)12(18)16-15(6,7)13(17)19/h8,11H,9H2,1-7H3,(H,16,18). The Kier molecular flexibility index (Phi) is 4.13. The van der Waals surface area contributed by atoms with E-state index in [1.807, 2.05) is 40.7 Å². The van der Waals surface area contributed by atoms with Crippen molar-refractivity contribution in [3.05, 3.63) is 11.6 Å². The smallest absolute Gasteiger partial charge is 0.248 e. The van der Waals surface area contributed by atoms with Crippen molar-refractivity contribution in [1.82, 2.24) is 10.2 Å². The molecule has 1 fully saturated rings. The average Bonchev–Trinajstić information content (AvgIpc) is 2.18. The number of carbonyl (C=O) groups is 2. The zero-order chi connectivity index (χ0) is 15.0. The van der Waals surface area contributed by atoms with E-state index in [2.05, 4.69) is 5.32 Å². The lowest BCUT2D eigenvalue weighted by Crippen LogP contribution is -2.70. The van der Waals surface area contributed by atoms with Crippen molar-refractivity contribution in [2.75, 3.05) is 6.54 Å². The van der Waals surface area contributed by atoms with Crippen molar-refractivity contribution in [2.24, 2.45) is 5.41 Å². The summed E-state index contributed by atoms with van der Waals surface area (Å²) in [5.74, 6) is -0.0937. The second-order valence-corrected chi connectivity index (χ2v) is 7.12. The summed E-state index contributed by atoms with van der Waals surface area (Å²) >= 11 is 0. The molecule has 108 valence electrons. The van der Waals surface area contributed by atoms with Crippen molar-refractivity contribution in [2.45, 2.75) is 60.0 Å². The van der Waals surface area contributed by atoms with Crippen molar-refractivity contribution in [3.8, 4) is 0 Å². The first kappa shape index (κ1) is 15.7. The lowest BCUT2D eigenvalue weighted by molar-refractivity contribution is -0.157. The maximum Gasteiger partial charge on any atom is 0.248 e. The lowest BCUT2D eigenvalue weighted by atomic mass is 9.81. The van der Waals surface area contributed by atoms with E-state index in [4.69, 9.17) is 0 Å². The molecule has 4 nitrogen and oxygen atoms in total. The summed E-state index contributed by atoms with van der Waals surface area (Å²) in [7, 11) is 0. The number of nitrogens with zero attached hydrogens (tertiary/aromatic N) is 1. The predicted octanol–water partition coefficient (Wildman–Crippen LogP) is 2.10. The Hall–Kier alpha value is -1.32. The summed E-state index contributed by atoms with van der Waals surface area (Å²) in [4.78, 5) is 26.6. The van der Waals surface area contributed by atoms with Gasteiger partial charge in [-0.25, -0.2) is 0 Å². The Balaban J connectivity index is 3.16. The Morgan fingerprint density at radius 1 is 1.32 bits per heavy atom. The maximum atomic E-state index is 12.5. The molecule has 1 N–H and O–H groups in total. The summed E-state index contributed by atoms with van der Waals surface area (Å²) in [6, 6.07) is -0.427. The molecule has 2 amide bonds. The molecule has 1 aliphatic heterocycles. The molecule has 1 atom stereocenters. The second kappa shape index (κ2) is 4.99. The van der Waals surface area contributed by atoms with Gasteiger partial charge in [-0.15, -0.1) is 0 Å². The average molecular weight is 266 g/mol. The second-order valence-electron chi connectivity index (χ2n) is 7.12. The summed E-state index contributed by atoms with van der Waals surface area (Å²) in [6.45, 7) is 13.9. The molecule has 19 heavy (non-hydrogen) atoms. The molecule has 0 aromatic rings. The van der Waals surface area contributed by atoms with E-state index in [1.165, 1.54) is 0 Å². The molecule has 0 bridgehead atoms. The molecule has 1 aliphatic rings. The van der Waals surface area contributed by atoms with E-state index in [0.29, 0.717) is 6.54 Å². The maximum absolute atomic E-state index is 12.5. The van der Waals surface area contributed by atoms with E-state index >= 15 is 0 Å². The van der Waals surface area contributed by atoms with Crippen LogP contribution in [0, 0.1) is 5.41 Å². The van der Waals surface area contributed by atoms with Crippen LogP contribution in [0.2, 0.25) is 0 Å². The third-order valence-corrected chi connectivity index (χ3v) is 3.31. The highest BCUT2D eigenvalue weighted by molar-refractivity contribution is 5.99. The topological polar surface area (TPSA) is 49.4 Å². The van der Waals surface area contributed by atoms with Gasteiger partial charge in [0.05, 0.1) is 0 Å². The molecule has 0 saturated carbocycles. The Bertz CT molecular complexity index is 412. The van der Waals surface area contributed by atoms with Gasteiger partial charge in [0.1, 0.15) is 11.6 Å². The monoisotopic (exact) mass is 266 g/mol. The normalized spacial score (nSPS) is 23.1. The van der Waals surface area contributed by atoms with Gasteiger partial charge in [0.2, 0.25) is 11.8 Å². The van der Waals surface area contributed by atoms with Gasteiger partial charge < -0.3 is 10.2 Å². The number of rotatable bonds is 2. The molecule has 1 rings (SSSR count). The van der Waals surface area contributed by atoms with Gasteiger partial charge in [0.25, 0.3) is 0 Å². The van der Waals surface area contributed by atoms with E-state index in [1.54, 1.807) is 18.7 Å². The van der Waals surface area contributed by atoms with Crippen molar-refractivity contribution < 1.29 is 9.59 Å². The largest absolute Gasteiger partial charge is 0.340 e.